The number of nitrogens with one attached hydrogen (secondary N) is 1. The highest BCUT2D eigenvalue weighted by Crippen LogP contribution is 2.23. The smallest absolute Gasteiger partial charge is 0.352 e. The Kier molecular flexibility index (Phi) is 3.49. The molecular formula is C13H7BrN2O3. The van der Waals surface area contributed by atoms with Crippen molar-refractivity contribution in [2.45, 2.75) is 0 Å². The number of carbonyl (C=O) groups is 1. The minimum Gasteiger partial charge on any atom is -0.477 e. The Labute approximate surface area is 116 Å². The van der Waals surface area contributed by atoms with Gasteiger partial charge in [0.2, 0.25) is 0 Å². The van der Waals surface area contributed by atoms with E-state index >= 15 is 0 Å². The molecule has 94 valence electrons. The molecule has 0 bridgehead atoms. The maximum Gasteiger partial charge on any atom is 0.352 e. The molecule has 0 atom stereocenters. The van der Waals surface area contributed by atoms with Crippen molar-refractivity contribution in [3.05, 3.63) is 56.4 Å². The summed E-state index contributed by atoms with van der Waals surface area (Å²) in [6, 6.07) is 9.97. The molecule has 1 aromatic carbocycles. The lowest BCUT2D eigenvalue weighted by Crippen LogP contribution is -2.16. The van der Waals surface area contributed by atoms with Crippen LogP contribution in [-0.4, -0.2) is 16.1 Å². The number of rotatable bonds is 2. The van der Waals surface area contributed by atoms with Crippen molar-refractivity contribution in [3.63, 3.8) is 0 Å². The molecule has 0 aliphatic carbocycles. The highest BCUT2D eigenvalue weighted by molar-refractivity contribution is 9.10. The van der Waals surface area contributed by atoms with Gasteiger partial charge in [0.15, 0.2) is 0 Å². The van der Waals surface area contributed by atoms with Gasteiger partial charge in [0.25, 0.3) is 5.56 Å². The lowest BCUT2D eigenvalue weighted by molar-refractivity contribution is 0.0690. The van der Waals surface area contributed by atoms with Gasteiger partial charge >= 0.3 is 5.97 Å². The van der Waals surface area contributed by atoms with Crippen LogP contribution in [0.2, 0.25) is 0 Å². The molecule has 0 radical (unpaired) electrons. The third kappa shape index (κ3) is 2.56. The van der Waals surface area contributed by atoms with Crippen molar-refractivity contribution in [2.75, 3.05) is 0 Å². The molecule has 1 heterocycles. The highest BCUT2D eigenvalue weighted by Gasteiger charge is 2.14. The minimum absolute atomic E-state index is 0.104. The van der Waals surface area contributed by atoms with Crippen molar-refractivity contribution in [1.82, 2.24) is 4.98 Å². The Hall–Kier alpha value is -2.39. The fourth-order valence-corrected chi connectivity index (χ4v) is 1.91. The fraction of sp³-hybridized carbons (Fsp3) is 0. The number of carboxylic acid groups (broad SMARTS) is 1. The topological polar surface area (TPSA) is 93.9 Å². The van der Waals surface area contributed by atoms with Crippen LogP contribution >= 0.6 is 15.9 Å². The van der Waals surface area contributed by atoms with E-state index in [0.717, 1.165) is 4.47 Å². The van der Waals surface area contributed by atoms with E-state index in [2.05, 4.69) is 20.9 Å². The molecule has 0 amide bonds. The fourth-order valence-electron chi connectivity index (χ4n) is 1.64. The largest absolute Gasteiger partial charge is 0.477 e. The maximum atomic E-state index is 11.7. The Balaban J connectivity index is 2.74. The number of nitrogens with zero attached hydrogens (tertiary/aromatic N) is 1. The number of aromatic carboxylic acids is 1. The maximum absolute atomic E-state index is 11.7. The Morgan fingerprint density at radius 3 is 2.47 bits per heavy atom. The number of H-pyrrole nitrogens is 1. The van der Waals surface area contributed by atoms with Crippen molar-refractivity contribution in [1.29, 1.82) is 5.26 Å². The highest BCUT2D eigenvalue weighted by atomic mass is 79.9. The normalized spacial score (nSPS) is 9.89. The first-order chi connectivity index (χ1) is 9.02. The first kappa shape index (κ1) is 13.1. The SMILES string of the molecule is N#Cc1c(-c2ccc(Br)cc2)cc(C(=O)O)[nH]c1=O. The molecule has 2 rings (SSSR count). The zero-order valence-electron chi connectivity index (χ0n) is 9.48. The predicted octanol–water partition coefficient (Wildman–Crippen LogP) is 2.37. The van der Waals surface area contributed by atoms with Crippen LogP contribution in [0.4, 0.5) is 0 Å². The molecule has 5 nitrogen and oxygen atoms in total. The Bertz CT molecular complexity index is 742. The lowest BCUT2D eigenvalue weighted by Gasteiger charge is -2.05. The summed E-state index contributed by atoms with van der Waals surface area (Å²) in [6.07, 6.45) is 0. The first-order valence-electron chi connectivity index (χ1n) is 5.19. The number of hydrogen-bond donors (Lipinski definition) is 2. The number of aromatic nitrogens is 1. The number of benzene rings is 1. The molecule has 0 saturated carbocycles. The van der Waals surface area contributed by atoms with Gasteiger partial charge in [-0.1, -0.05) is 28.1 Å². The molecule has 2 N–H and O–H groups in total. The van der Waals surface area contributed by atoms with Gasteiger partial charge in [-0.15, -0.1) is 0 Å². The first-order valence-corrected chi connectivity index (χ1v) is 5.99. The number of nitriles is 1. The Morgan fingerprint density at radius 1 is 1.32 bits per heavy atom. The molecule has 0 saturated heterocycles. The second-order valence-corrected chi connectivity index (χ2v) is 4.64. The van der Waals surface area contributed by atoms with E-state index in [1.54, 1.807) is 30.3 Å². The van der Waals surface area contributed by atoms with Crippen LogP contribution in [0.25, 0.3) is 11.1 Å². The summed E-state index contributed by atoms with van der Waals surface area (Å²) < 4.78 is 0.845. The zero-order chi connectivity index (χ0) is 14.0. The summed E-state index contributed by atoms with van der Waals surface area (Å²) in [7, 11) is 0. The zero-order valence-corrected chi connectivity index (χ0v) is 11.1. The molecule has 1 aromatic heterocycles. The number of halogens is 1. The van der Waals surface area contributed by atoms with E-state index < -0.39 is 11.5 Å². The van der Waals surface area contributed by atoms with Crippen molar-refractivity contribution in [2.24, 2.45) is 0 Å². The van der Waals surface area contributed by atoms with Gasteiger partial charge in [0, 0.05) is 10.0 Å². The summed E-state index contributed by atoms with van der Waals surface area (Å²) in [5, 5.41) is 17.9. The van der Waals surface area contributed by atoms with Crippen LogP contribution in [0.5, 0.6) is 0 Å². The molecule has 19 heavy (non-hydrogen) atoms. The van der Waals surface area contributed by atoms with Gasteiger partial charge in [-0.3, -0.25) is 4.79 Å². The number of carboxylic acids is 1. The quantitative estimate of drug-likeness (QED) is 0.888. The lowest BCUT2D eigenvalue weighted by atomic mass is 10.0. The van der Waals surface area contributed by atoms with E-state index in [0.29, 0.717) is 11.1 Å². The molecular weight excluding hydrogens is 312 g/mol. The van der Waals surface area contributed by atoms with Gasteiger partial charge in [-0.05, 0) is 23.8 Å². The second-order valence-electron chi connectivity index (χ2n) is 3.72. The van der Waals surface area contributed by atoms with E-state index in [-0.39, 0.29) is 11.3 Å². The standard InChI is InChI=1S/C13H7BrN2O3/c14-8-3-1-7(2-4-8)9-5-11(13(18)19)16-12(17)10(9)6-15/h1-5H,(H,16,17)(H,18,19). The van der Waals surface area contributed by atoms with Crippen LogP contribution in [0.15, 0.2) is 39.6 Å². The van der Waals surface area contributed by atoms with E-state index in [1.165, 1.54) is 6.07 Å². The van der Waals surface area contributed by atoms with E-state index in [1.807, 2.05) is 0 Å². The third-order valence-corrected chi connectivity index (χ3v) is 3.06. The monoisotopic (exact) mass is 318 g/mol. The average molecular weight is 319 g/mol. The number of pyridine rings is 1. The number of hydrogen-bond acceptors (Lipinski definition) is 3. The van der Waals surface area contributed by atoms with Crippen LogP contribution in [-0.2, 0) is 0 Å². The molecule has 2 aromatic rings. The summed E-state index contributed by atoms with van der Waals surface area (Å²) >= 11 is 3.28. The third-order valence-electron chi connectivity index (χ3n) is 2.53. The summed E-state index contributed by atoms with van der Waals surface area (Å²) in [5.74, 6) is -1.25. The molecule has 0 unspecified atom stereocenters. The summed E-state index contributed by atoms with van der Waals surface area (Å²) in [6.45, 7) is 0. The van der Waals surface area contributed by atoms with Gasteiger partial charge in [0.1, 0.15) is 17.3 Å². The molecule has 0 fully saturated rings. The van der Waals surface area contributed by atoms with E-state index in [9.17, 15) is 9.59 Å². The van der Waals surface area contributed by atoms with E-state index in [4.69, 9.17) is 10.4 Å². The van der Waals surface area contributed by atoms with Gasteiger partial charge in [-0.2, -0.15) is 5.26 Å². The van der Waals surface area contributed by atoms with Gasteiger partial charge < -0.3 is 10.1 Å². The van der Waals surface area contributed by atoms with Crippen LogP contribution < -0.4 is 5.56 Å². The second kappa shape index (κ2) is 5.08. The predicted molar refractivity (Wildman–Crippen MR) is 71.9 cm³/mol. The van der Waals surface area contributed by atoms with Crippen molar-refractivity contribution < 1.29 is 9.90 Å². The minimum atomic E-state index is -1.25. The summed E-state index contributed by atoms with van der Waals surface area (Å²) in [5.41, 5.74) is -0.154. The molecule has 0 aliphatic heterocycles. The molecule has 0 spiro atoms. The van der Waals surface area contributed by atoms with Crippen LogP contribution in [0, 0.1) is 11.3 Å². The van der Waals surface area contributed by atoms with Crippen LogP contribution in [0.3, 0.4) is 0 Å². The molecule has 6 heteroatoms. The average Bonchev–Trinajstić information content (AvgIpc) is 2.38. The number of aromatic amines is 1. The van der Waals surface area contributed by atoms with Crippen molar-refractivity contribution >= 4 is 21.9 Å². The van der Waals surface area contributed by atoms with Crippen molar-refractivity contribution in [3.8, 4) is 17.2 Å². The van der Waals surface area contributed by atoms with Crippen LogP contribution in [0.1, 0.15) is 16.1 Å². The Morgan fingerprint density at radius 2 is 1.95 bits per heavy atom. The van der Waals surface area contributed by atoms with Gasteiger partial charge in [-0.25, -0.2) is 4.79 Å². The van der Waals surface area contributed by atoms with Gasteiger partial charge in [0.05, 0.1) is 0 Å². The summed E-state index contributed by atoms with van der Waals surface area (Å²) in [4.78, 5) is 24.8. The molecule has 0 aliphatic rings.